The third-order valence-corrected chi connectivity index (χ3v) is 3.92. The van der Waals surface area contributed by atoms with E-state index >= 15 is 0 Å². The van der Waals surface area contributed by atoms with Gasteiger partial charge in [-0.15, -0.1) is 0 Å². The Balaban J connectivity index is 1.67. The van der Waals surface area contributed by atoms with Gasteiger partial charge in [-0.2, -0.15) is 0 Å². The van der Waals surface area contributed by atoms with Gasteiger partial charge in [0.1, 0.15) is 0 Å². The molecular formula is C12H23BO3. The number of epoxide rings is 1. The van der Waals surface area contributed by atoms with Crippen LogP contribution >= 0.6 is 0 Å². The van der Waals surface area contributed by atoms with Crippen LogP contribution in [0.4, 0.5) is 0 Å². The molecule has 0 N–H and O–H groups in total. The summed E-state index contributed by atoms with van der Waals surface area (Å²) in [5, 5.41) is 0. The Morgan fingerprint density at radius 2 is 1.62 bits per heavy atom. The molecule has 92 valence electrons. The molecule has 0 aromatic heterocycles. The van der Waals surface area contributed by atoms with Crippen LogP contribution in [0.1, 0.15) is 47.0 Å². The Bertz CT molecular complexity index is 233. The zero-order valence-electron chi connectivity index (χ0n) is 10.9. The molecule has 0 aromatic carbocycles. The summed E-state index contributed by atoms with van der Waals surface area (Å²) in [5.74, 6) is 0. The lowest BCUT2D eigenvalue weighted by atomic mass is 9.82. The van der Waals surface area contributed by atoms with Gasteiger partial charge in [0.05, 0.1) is 23.9 Å². The monoisotopic (exact) mass is 226 g/mol. The Morgan fingerprint density at radius 1 is 1.06 bits per heavy atom. The van der Waals surface area contributed by atoms with E-state index in [-0.39, 0.29) is 18.3 Å². The number of hydrogen-bond donors (Lipinski definition) is 0. The average Bonchev–Trinajstić information content (AvgIpc) is 2.90. The van der Waals surface area contributed by atoms with E-state index in [1.165, 1.54) is 12.8 Å². The van der Waals surface area contributed by atoms with Gasteiger partial charge in [-0.05, 0) is 40.4 Å². The predicted octanol–water partition coefficient (Wildman–Crippen LogP) is 2.65. The topological polar surface area (TPSA) is 31.0 Å². The second-order valence-corrected chi connectivity index (χ2v) is 5.93. The van der Waals surface area contributed by atoms with Crippen LogP contribution in [0, 0.1) is 0 Å². The molecule has 2 fully saturated rings. The van der Waals surface area contributed by atoms with E-state index in [1.807, 2.05) is 0 Å². The quantitative estimate of drug-likeness (QED) is 0.410. The zero-order chi connectivity index (χ0) is 11.8. The van der Waals surface area contributed by atoms with Crippen molar-refractivity contribution in [2.24, 2.45) is 0 Å². The lowest BCUT2D eigenvalue weighted by molar-refractivity contribution is 0.00578. The first kappa shape index (κ1) is 12.4. The van der Waals surface area contributed by atoms with E-state index in [0.29, 0.717) is 6.10 Å². The number of rotatable bonds is 5. The van der Waals surface area contributed by atoms with Crippen LogP contribution in [0.5, 0.6) is 0 Å². The minimum absolute atomic E-state index is 0.0230. The zero-order valence-corrected chi connectivity index (χ0v) is 10.9. The summed E-state index contributed by atoms with van der Waals surface area (Å²) in [4.78, 5) is 0. The molecule has 0 aromatic rings. The fraction of sp³-hybridized carbons (Fsp3) is 1.00. The van der Waals surface area contributed by atoms with Crippen LogP contribution in [-0.4, -0.2) is 31.0 Å². The largest absolute Gasteiger partial charge is 0.457 e. The first-order valence-corrected chi connectivity index (χ1v) is 6.38. The fourth-order valence-electron chi connectivity index (χ4n) is 2.00. The van der Waals surface area contributed by atoms with Crippen molar-refractivity contribution in [3.05, 3.63) is 0 Å². The molecule has 0 amide bonds. The second-order valence-electron chi connectivity index (χ2n) is 5.93. The predicted molar refractivity (Wildman–Crippen MR) is 64.5 cm³/mol. The molecule has 4 heteroatoms. The summed E-state index contributed by atoms with van der Waals surface area (Å²) < 4.78 is 17.1. The minimum atomic E-state index is -0.183. The van der Waals surface area contributed by atoms with E-state index in [4.69, 9.17) is 14.0 Å². The average molecular weight is 226 g/mol. The summed E-state index contributed by atoms with van der Waals surface area (Å²) in [6.45, 7) is 9.38. The third kappa shape index (κ3) is 2.79. The van der Waals surface area contributed by atoms with Crippen LogP contribution in [-0.2, 0) is 14.0 Å². The summed E-state index contributed by atoms with van der Waals surface area (Å²) in [6, 6.07) is 0. The Hall–Kier alpha value is -0.0551. The van der Waals surface area contributed by atoms with Crippen LogP contribution in [0.25, 0.3) is 0 Å². The molecule has 2 saturated heterocycles. The molecule has 2 aliphatic heterocycles. The van der Waals surface area contributed by atoms with Crippen LogP contribution in [0.15, 0.2) is 0 Å². The van der Waals surface area contributed by atoms with Gasteiger partial charge >= 0.3 is 7.12 Å². The Labute approximate surface area is 99.0 Å². The molecule has 2 aliphatic rings. The maximum atomic E-state index is 5.93. The van der Waals surface area contributed by atoms with Crippen molar-refractivity contribution in [2.45, 2.75) is 70.6 Å². The second kappa shape index (κ2) is 4.32. The highest BCUT2D eigenvalue weighted by Gasteiger charge is 2.50. The van der Waals surface area contributed by atoms with E-state index < -0.39 is 0 Å². The van der Waals surface area contributed by atoms with Gasteiger partial charge in [0.15, 0.2) is 0 Å². The molecule has 2 heterocycles. The molecule has 0 radical (unpaired) electrons. The highest BCUT2D eigenvalue weighted by Crippen LogP contribution is 2.38. The van der Waals surface area contributed by atoms with Crippen molar-refractivity contribution < 1.29 is 14.0 Å². The molecule has 16 heavy (non-hydrogen) atoms. The molecule has 0 spiro atoms. The maximum absolute atomic E-state index is 5.93. The first-order valence-electron chi connectivity index (χ1n) is 6.38. The Kier molecular flexibility index (Phi) is 3.35. The number of unbranched alkanes of at least 4 members (excludes halogenated alkanes) is 1. The normalized spacial score (nSPS) is 30.8. The fourth-order valence-corrected chi connectivity index (χ4v) is 2.00. The minimum Gasteiger partial charge on any atom is -0.403 e. The van der Waals surface area contributed by atoms with Crippen molar-refractivity contribution >= 4 is 7.12 Å². The smallest absolute Gasteiger partial charge is 0.403 e. The van der Waals surface area contributed by atoms with Gasteiger partial charge in [-0.25, -0.2) is 0 Å². The van der Waals surface area contributed by atoms with E-state index in [0.717, 1.165) is 19.3 Å². The SMILES string of the molecule is CC1(C)OB(CCCCC2CO2)OC1(C)C. The molecule has 3 nitrogen and oxygen atoms in total. The highest BCUT2D eigenvalue weighted by atomic mass is 16.7. The van der Waals surface area contributed by atoms with E-state index in [2.05, 4.69) is 27.7 Å². The van der Waals surface area contributed by atoms with Gasteiger partial charge in [0, 0.05) is 0 Å². The van der Waals surface area contributed by atoms with Crippen molar-refractivity contribution in [1.82, 2.24) is 0 Å². The molecular weight excluding hydrogens is 203 g/mol. The van der Waals surface area contributed by atoms with Crippen molar-refractivity contribution in [1.29, 1.82) is 0 Å². The van der Waals surface area contributed by atoms with Gasteiger partial charge in [-0.1, -0.05) is 12.8 Å². The molecule has 2 rings (SSSR count). The summed E-state index contributed by atoms with van der Waals surface area (Å²) in [5.41, 5.74) is -0.367. The molecule has 0 saturated carbocycles. The van der Waals surface area contributed by atoms with E-state index in [1.54, 1.807) is 0 Å². The first-order chi connectivity index (χ1) is 7.41. The van der Waals surface area contributed by atoms with Crippen molar-refractivity contribution in [2.75, 3.05) is 6.61 Å². The summed E-state index contributed by atoms with van der Waals surface area (Å²) in [7, 11) is -0.0230. The van der Waals surface area contributed by atoms with Crippen molar-refractivity contribution in [3.63, 3.8) is 0 Å². The number of ether oxygens (including phenoxy) is 1. The third-order valence-electron chi connectivity index (χ3n) is 3.92. The lowest BCUT2D eigenvalue weighted by Gasteiger charge is -2.32. The van der Waals surface area contributed by atoms with Crippen molar-refractivity contribution in [3.8, 4) is 0 Å². The lowest BCUT2D eigenvalue weighted by Crippen LogP contribution is -2.41. The number of hydrogen-bond acceptors (Lipinski definition) is 3. The van der Waals surface area contributed by atoms with Crippen LogP contribution < -0.4 is 0 Å². The van der Waals surface area contributed by atoms with Gasteiger partial charge < -0.3 is 14.0 Å². The standard InChI is InChI=1S/C12H23BO3/c1-11(2)12(3,4)16-13(15-11)8-6-5-7-10-9-14-10/h10H,5-9H2,1-4H3. The molecule has 0 bridgehead atoms. The van der Waals surface area contributed by atoms with Gasteiger partial charge in [0.2, 0.25) is 0 Å². The van der Waals surface area contributed by atoms with Gasteiger partial charge in [-0.3, -0.25) is 0 Å². The maximum Gasteiger partial charge on any atom is 0.457 e. The molecule has 1 unspecified atom stereocenters. The van der Waals surface area contributed by atoms with Gasteiger partial charge in [0.25, 0.3) is 0 Å². The Morgan fingerprint density at radius 3 is 2.12 bits per heavy atom. The van der Waals surface area contributed by atoms with Crippen LogP contribution in [0.3, 0.4) is 0 Å². The highest BCUT2D eigenvalue weighted by molar-refractivity contribution is 6.45. The van der Waals surface area contributed by atoms with E-state index in [9.17, 15) is 0 Å². The molecule has 1 atom stereocenters. The summed E-state index contributed by atoms with van der Waals surface area (Å²) >= 11 is 0. The van der Waals surface area contributed by atoms with Crippen LogP contribution in [0.2, 0.25) is 6.32 Å². The summed E-state index contributed by atoms with van der Waals surface area (Å²) in [6.07, 6.45) is 5.13. The molecule has 0 aliphatic carbocycles.